The lowest BCUT2D eigenvalue weighted by atomic mass is 9.86. The van der Waals surface area contributed by atoms with Crippen LogP contribution in [0.4, 0.5) is 24.5 Å². The lowest BCUT2D eigenvalue weighted by Crippen LogP contribution is -2.47. The molecule has 1 aromatic rings. The third-order valence-electron chi connectivity index (χ3n) is 4.01. The van der Waals surface area contributed by atoms with E-state index in [1.165, 1.54) is 12.1 Å². The first kappa shape index (κ1) is 15.7. The number of benzene rings is 1. The zero-order valence-corrected chi connectivity index (χ0v) is 12.3. The predicted octanol–water partition coefficient (Wildman–Crippen LogP) is 2.89. The molecule has 2 aliphatic rings. The summed E-state index contributed by atoms with van der Waals surface area (Å²) >= 11 is 0.961. The second-order valence-electron chi connectivity index (χ2n) is 5.33. The summed E-state index contributed by atoms with van der Waals surface area (Å²) in [6, 6.07) is 4.44. The van der Waals surface area contributed by atoms with Crippen molar-refractivity contribution >= 4 is 34.6 Å². The molecule has 2 heterocycles. The molecule has 0 spiro atoms. The van der Waals surface area contributed by atoms with Gasteiger partial charge < -0.3 is 10.0 Å². The fraction of sp³-hybridized carbons (Fsp3) is 0.385. The molecule has 0 aromatic heterocycles. The number of alkyl halides is 3. The molecule has 2 aliphatic heterocycles. The predicted molar refractivity (Wildman–Crippen MR) is 74.6 cm³/mol. The van der Waals surface area contributed by atoms with Crippen molar-refractivity contribution in [3.8, 4) is 0 Å². The highest BCUT2D eigenvalue weighted by Gasteiger charge is 2.64. The minimum atomic E-state index is -4.92. The summed E-state index contributed by atoms with van der Waals surface area (Å²) in [5.41, 5.74) is -1.69. The number of carboxylic acids is 1. The highest BCUT2D eigenvalue weighted by molar-refractivity contribution is 7.58. The van der Waals surface area contributed by atoms with Crippen molar-refractivity contribution in [2.75, 3.05) is 13.1 Å². The van der Waals surface area contributed by atoms with E-state index in [0.717, 1.165) is 16.3 Å². The van der Waals surface area contributed by atoms with Crippen molar-refractivity contribution in [1.82, 2.24) is 4.90 Å². The van der Waals surface area contributed by atoms with Crippen LogP contribution in [0.2, 0.25) is 0 Å². The van der Waals surface area contributed by atoms with Crippen molar-refractivity contribution in [3.05, 3.63) is 23.8 Å². The van der Waals surface area contributed by atoms with Gasteiger partial charge >= 0.3 is 12.1 Å². The van der Waals surface area contributed by atoms with Gasteiger partial charge in [-0.25, -0.2) is 0 Å². The molecule has 0 saturated carbocycles. The van der Waals surface area contributed by atoms with Crippen molar-refractivity contribution in [2.24, 2.45) is 14.1 Å². The lowest BCUT2D eigenvalue weighted by molar-refractivity contribution is -0.227. The summed E-state index contributed by atoms with van der Waals surface area (Å²) in [5.74, 6) is -2.60. The van der Waals surface area contributed by atoms with Gasteiger partial charge in [-0.05, 0) is 24.6 Å². The van der Waals surface area contributed by atoms with Crippen LogP contribution < -0.4 is 0 Å². The molecular formula is C13H10F3N3O3S. The van der Waals surface area contributed by atoms with Gasteiger partial charge in [-0.15, -0.1) is 0 Å². The Hall–Kier alpha value is -2.23. The van der Waals surface area contributed by atoms with Crippen molar-refractivity contribution in [2.45, 2.75) is 12.6 Å². The van der Waals surface area contributed by atoms with Crippen LogP contribution >= 0.6 is 0 Å². The molecule has 1 saturated heterocycles. The van der Waals surface area contributed by atoms with Crippen LogP contribution in [0.5, 0.6) is 0 Å². The number of carbonyl (C=O) groups is 2. The van der Waals surface area contributed by atoms with Crippen molar-refractivity contribution in [1.29, 1.82) is 0 Å². The monoisotopic (exact) mass is 345 g/mol. The quantitative estimate of drug-likeness (QED) is 0.908. The van der Waals surface area contributed by atoms with Crippen LogP contribution in [0.3, 0.4) is 0 Å². The number of hydrogen-bond donors (Lipinski definition) is 1. The Kier molecular flexibility index (Phi) is 3.51. The van der Waals surface area contributed by atoms with E-state index in [9.17, 15) is 22.8 Å². The molecule has 10 heteroatoms. The normalized spacial score (nSPS) is 22.8. The van der Waals surface area contributed by atoms with E-state index >= 15 is 0 Å². The largest absolute Gasteiger partial charge is 0.481 e. The zero-order valence-electron chi connectivity index (χ0n) is 11.5. The molecule has 122 valence electrons. The van der Waals surface area contributed by atoms with Gasteiger partial charge in [-0.1, -0.05) is 0 Å². The number of likely N-dealkylation sites (tertiary alicyclic amines) is 1. The van der Waals surface area contributed by atoms with Gasteiger partial charge in [0.05, 0.1) is 11.4 Å². The highest BCUT2D eigenvalue weighted by Crippen LogP contribution is 2.46. The number of fused-ring (bicyclic) bond motifs is 1. The van der Waals surface area contributed by atoms with E-state index in [0.29, 0.717) is 11.4 Å². The third-order valence-corrected chi connectivity index (χ3v) is 4.57. The maximum absolute atomic E-state index is 13.1. The fourth-order valence-corrected chi connectivity index (χ4v) is 3.13. The van der Waals surface area contributed by atoms with Crippen LogP contribution in [0.15, 0.2) is 26.9 Å². The maximum atomic E-state index is 13.1. The van der Waals surface area contributed by atoms with Crippen LogP contribution in [-0.4, -0.2) is 41.1 Å². The van der Waals surface area contributed by atoms with Crippen LogP contribution in [0.25, 0.3) is 0 Å². The van der Waals surface area contributed by atoms with E-state index < -0.39 is 36.4 Å². The van der Waals surface area contributed by atoms with E-state index in [2.05, 4.69) is 8.73 Å². The SMILES string of the molecule is O=C(c1ccc2c(c1)N=S=N2)N1CCC(C(=O)O)(C(F)(F)F)C1. The van der Waals surface area contributed by atoms with Crippen LogP contribution in [0.1, 0.15) is 16.8 Å². The average Bonchev–Trinajstić information content (AvgIpc) is 3.12. The van der Waals surface area contributed by atoms with Gasteiger partial charge in [0.15, 0.2) is 5.41 Å². The fourth-order valence-electron chi connectivity index (χ4n) is 2.61. The number of amides is 1. The maximum Gasteiger partial charge on any atom is 0.406 e. The Morgan fingerprint density at radius 2 is 1.96 bits per heavy atom. The first-order valence-electron chi connectivity index (χ1n) is 6.56. The molecule has 23 heavy (non-hydrogen) atoms. The molecule has 1 N–H and O–H groups in total. The number of hydrogen-bond acceptors (Lipinski definition) is 4. The summed E-state index contributed by atoms with van der Waals surface area (Å²) in [6.07, 6.45) is -5.57. The average molecular weight is 345 g/mol. The van der Waals surface area contributed by atoms with Gasteiger partial charge in [0, 0.05) is 18.7 Å². The van der Waals surface area contributed by atoms with E-state index in [-0.39, 0.29) is 12.1 Å². The summed E-state index contributed by atoms with van der Waals surface area (Å²) in [6.45, 7) is -1.16. The number of rotatable bonds is 2. The molecule has 0 radical (unpaired) electrons. The Bertz CT molecular complexity index is 773. The van der Waals surface area contributed by atoms with Gasteiger partial charge in [0.1, 0.15) is 11.4 Å². The first-order chi connectivity index (χ1) is 10.7. The Morgan fingerprint density at radius 3 is 2.57 bits per heavy atom. The smallest absolute Gasteiger partial charge is 0.406 e. The van der Waals surface area contributed by atoms with Crippen LogP contribution in [0, 0.1) is 5.41 Å². The third kappa shape index (κ3) is 2.42. The summed E-state index contributed by atoms with van der Waals surface area (Å²) < 4.78 is 47.4. The number of carboxylic acid groups (broad SMARTS) is 1. The molecule has 1 aromatic carbocycles. The summed E-state index contributed by atoms with van der Waals surface area (Å²) in [5, 5.41) is 9.01. The van der Waals surface area contributed by atoms with Gasteiger partial charge in [0.25, 0.3) is 5.91 Å². The minimum Gasteiger partial charge on any atom is -0.481 e. The number of carbonyl (C=O) groups excluding carboxylic acids is 1. The van der Waals surface area contributed by atoms with E-state index in [4.69, 9.17) is 5.11 Å². The molecule has 1 unspecified atom stereocenters. The first-order valence-corrected chi connectivity index (χ1v) is 7.29. The van der Waals surface area contributed by atoms with E-state index in [1.54, 1.807) is 6.07 Å². The molecule has 3 rings (SSSR count). The Balaban J connectivity index is 1.85. The molecular weight excluding hydrogens is 335 g/mol. The molecule has 0 aliphatic carbocycles. The second kappa shape index (κ2) is 5.15. The van der Waals surface area contributed by atoms with Crippen molar-refractivity contribution < 1.29 is 27.9 Å². The van der Waals surface area contributed by atoms with Gasteiger partial charge in [0.2, 0.25) is 0 Å². The van der Waals surface area contributed by atoms with Crippen molar-refractivity contribution in [3.63, 3.8) is 0 Å². The summed E-state index contributed by atoms with van der Waals surface area (Å²) in [7, 11) is 0. The molecule has 1 atom stereocenters. The number of nitrogens with zero attached hydrogens (tertiary/aromatic N) is 3. The Labute approximate surface area is 131 Å². The second-order valence-corrected chi connectivity index (χ2v) is 5.86. The standard InChI is InChI=1S/C13H10F3N3O3S/c14-13(15,16)12(11(21)22)3-4-19(6-12)10(20)7-1-2-8-9(5-7)18-23-17-8/h1-2,5H,3-4,6H2,(H,21,22). The molecule has 1 fully saturated rings. The van der Waals surface area contributed by atoms with Gasteiger partial charge in [-0.2, -0.15) is 21.9 Å². The Morgan fingerprint density at radius 1 is 1.26 bits per heavy atom. The van der Waals surface area contributed by atoms with E-state index in [1.807, 2.05) is 0 Å². The minimum absolute atomic E-state index is 0.161. The van der Waals surface area contributed by atoms with Gasteiger partial charge in [-0.3, -0.25) is 9.59 Å². The zero-order chi connectivity index (χ0) is 16.8. The number of halogens is 3. The highest BCUT2D eigenvalue weighted by atomic mass is 32.1. The summed E-state index contributed by atoms with van der Waals surface area (Å²) in [4.78, 5) is 24.4. The molecule has 0 bridgehead atoms. The number of aliphatic carboxylic acids is 1. The lowest BCUT2D eigenvalue weighted by Gasteiger charge is -2.27. The van der Waals surface area contributed by atoms with Crippen LogP contribution in [-0.2, 0) is 16.1 Å². The molecule has 1 amide bonds. The molecule has 6 nitrogen and oxygen atoms in total. The topological polar surface area (TPSA) is 82.3 Å².